The van der Waals surface area contributed by atoms with Gasteiger partial charge in [0.1, 0.15) is 11.8 Å². The van der Waals surface area contributed by atoms with Gasteiger partial charge in [0, 0.05) is 11.6 Å². The van der Waals surface area contributed by atoms with Crippen LogP contribution in [0.4, 0.5) is 5.82 Å². The van der Waals surface area contributed by atoms with Crippen LogP contribution < -0.4 is 10.6 Å². The lowest BCUT2D eigenvalue weighted by atomic mass is 10.2. The van der Waals surface area contributed by atoms with E-state index in [9.17, 15) is 14.4 Å². The summed E-state index contributed by atoms with van der Waals surface area (Å²) in [6.45, 7) is 2.66. The minimum atomic E-state index is -0.889. The number of hydrogen-bond donors (Lipinski definition) is 2. The predicted molar refractivity (Wildman–Crippen MR) is 84.2 cm³/mol. The van der Waals surface area contributed by atoms with Gasteiger partial charge in [-0.25, -0.2) is 4.79 Å². The molecule has 1 aromatic heterocycles. The standard InChI is InChI=1S/C16H17N3O5/c1-10-8-13(19-24-10)18-14(20)9-23-16(22)11(2)17-15(21)12-6-4-3-5-7-12/h3-8,11H,9H2,1-2H3,(H,17,21)(H,18,19,20)/t11-/m0/s1. The molecule has 0 aliphatic heterocycles. The van der Waals surface area contributed by atoms with E-state index in [1.54, 1.807) is 37.3 Å². The fourth-order valence-corrected chi connectivity index (χ4v) is 1.79. The Hall–Kier alpha value is -3.16. The molecule has 0 radical (unpaired) electrons. The second kappa shape index (κ2) is 7.91. The van der Waals surface area contributed by atoms with Crippen LogP contribution >= 0.6 is 0 Å². The summed E-state index contributed by atoms with van der Waals surface area (Å²) >= 11 is 0. The Bertz CT molecular complexity index is 726. The SMILES string of the molecule is Cc1cc(NC(=O)COC(=O)[C@H](C)NC(=O)c2ccccc2)no1. The fraction of sp³-hybridized carbons (Fsp3) is 0.250. The zero-order valence-corrected chi connectivity index (χ0v) is 13.2. The number of nitrogens with zero attached hydrogens (tertiary/aromatic N) is 1. The van der Waals surface area contributed by atoms with Crippen LogP contribution in [0.2, 0.25) is 0 Å². The van der Waals surface area contributed by atoms with E-state index in [1.165, 1.54) is 13.0 Å². The van der Waals surface area contributed by atoms with E-state index in [0.717, 1.165) is 0 Å². The van der Waals surface area contributed by atoms with Gasteiger partial charge in [-0.05, 0) is 26.0 Å². The lowest BCUT2D eigenvalue weighted by Crippen LogP contribution is -2.40. The second-order valence-corrected chi connectivity index (χ2v) is 5.04. The Morgan fingerprint density at radius 1 is 1.25 bits per heavy atom. The largest absolute Gasteiger partial charge is 0.454 e. The van der Waals surface area contributed by atoms with Crippen molar-refractivity contribution in [3.63, 3.8) is 0 Å². The van der Waals surface area contributed by atoms with Crippen molar-refractivity contribution in [3.05, 3.63) is 47.7 Å². The number of hydrogen-bond acceptors (Lipinski definition) is 6. The third-order valence-corrected chi connectivity index (χ3v) is 2.98. The number of aryl methyl sites for hydroxylation is 1. The van der Waals surface area contributed by atoms with Crippen LogP contribution in [-0.2, 0) is 14.3 Å². The van der Waals surface area contributed by atoms with Crippen molar-refractivity contribution in [1.82, 2.24) is 10.5 Å². The highest BCUT2D eigenvalue weighted by Crippen LogP contribution is 2.06. The van der Waals surface area contributed by atoms with Gasteiger partial charge in [0.2, 0.25) is 0 Å². The first-order valence-corrected chi connectivity index (χ1v) is 7.21. The van der Waals surface area contributed by atoms with E-state index in [-0.39, 0.29) is 5.82 Å². The van der Waals surface area contributed by atoms with Gasteiger partial charge in [0.05, 0.1) is 0 Å². The molecular weight excluding hydrogens is 314 g/mol. The summed E-state index contributed by atoms with van der Waals surface area (Å²) in [6, 6.07) is 9.11. The quantitative estimate of drug-likeness (QED) is 0.772. The van der Waals surface area contributed by atoms with Gasteiger partial charge < -0.3 is 19.9 Å². The number of ether oxygens (including phenoxy) is 1. The number of anilines is 1. The molecule has 0 spiro atoms. The summed E-state index contributed by atoms with van der Waals surface area (Å²) in [5, 5.41) is 8.50. The van der Waals surface area contributed by atoms with Gasteiger partial charge in [-0.1, -0.05) is 23.4 Å². The highest BCUT2D eigenvalue weighted by atomic mass is 16.5. The Morgan fingerprint density at radius 2 is 1.96 bits per heavy atom. The van der Waals surface area contributed by atoms with Crippen LogP contribution in [0.15, 0.2) is 40.9 Å². The zero-order valence-electron chi connectivity index (χ0n) is 13.2. The molecule has 1 atom stereocenters. The molecular formula is C16H17N3O5. The molecule has 2 amide bonds. The Kier molecular flexibility index (Phi) is 5.67. The monoisotopic (exact) mass is 331 g/mol. The molecule has 0 fully saturated rings. The molecule has 8 heteroatoms. The molecule has 2 rings (SSSR count). The predicted octanol–water partition coefficient (Wildman–Crippen LogP) is 1.28. The normalized spacial score (nSPS) is 11.4. The van der Waals surface area contributed by atoms with Crippen molar-refractivity contribution in [3.8, 4) is 0 Å². The van der Waals surface area contributed by atoms with E-state index >= 15 is 0 Å². The van der Waals surface area contributed by atoms with Gasteiger partial charge in [-0.3, -0.25) is 9.59 Å². The molecule has 0 saturated carbocycles. The number of benzene rings is 1. The number of nitrogens with one attached hydrogen (secondary N) is 2. The molecule has 24 heavy (non-hydrogen) atoms. The van der Waals surface area contributed by atoms with Gasteiger partial charge in [0.25, 0.3) is 11.8 Å². The minimum Gasteiger partial charge on any atom is -0.454 e. The van der Waals surface area contributed by atoms with Crippen LogP contribution in [-0.4, -0.2) is 35.6 Å². The third kappa shape index (κ3) is 4.94. The van der Waals surface area contributed by atoms with Crippen molar-refractivity contribution in [1.29, 1.82) is 0 Å². The fourth-order valence-electron chi connectivity index (χ4n) is 1.79. The maximum absolute atomic E-state index is 11.9. The van der Waals surface area contributed by atoms with Crippen molar-refractivity contribution in [2.75, 3.05) is 11.9 Å². The molecule has 2 N–H and O–H groups in total. The minimum absolute atomic E-state index is 0.235. The van der Waals surface area contributed by atoms with Crippen molar-refractivity contribution >= 4 is 23.6 Å². The number of carbonyl (C=O) groups excluding carboxylic acids is 3. The maximum atomic E-state index is 11.9. The first-order chi connectivity index (χ1) is 11.5. The average Bonchev–Trinajstić information content (AvgIpc) is 2.98. The van der Waals surface area contributed by atoms with Gasteiger partial charge in [0.15, 0.2) is 12.4 Å². The van der Waals surface area contributed by atoms with Crippen LogP contribution in [0.1, 0.15) is 23.0 Å². The molecule has 0 saturated heterocycles. The molecule has 1 aromatic carbocycles. The zero-order chi connectivity index (χ0) is 17.5. The summed E-state index contributed by atoms with van der Waals surface area (Å²) in [5.41, 5.74) is 0.427. The number of rotatable bonds is 6. The highest BCUT2D eigenvalue weighted by molar-refractivity contribution is 5.97. The molecule has 0 bridgehead atoms. The van der Waals surface area contributed by atoms with Crippen molar-refractivity contribution in [2.24, 2.45) is 0 Å². The molecule has 2 aromatic rings. The average molecular weight is 331 g/mol. The third-order valence-electron chi connectivity index (χ3n) is 2.98. The smallest absolute Gasteiger partial charge is 0.328 e. The number of aromatic nitrogens is 1. The topological polar surface area (TPSA) is 111 Å². The number of carbonyl (C=O) groups is 3. The number of esters is 1. The lowest BCUT2D eigenvalue weighted by molar-refractivity contribution is -0.148. The van der Waals surface area contributed by atoms with Gasteiger partial charge >= 0.3 is 5.97 Å². The van der Waals surface area contributed by atoms with Crippen LogP contribution in [0, 0.1) is 6.92 Å². The van der Waals surface area contributed by atoms with Crippen molar-refractivity contribution in [2.45, 2.75) is 19.9 Å². The molecule has 0 aliphatic rings. The summed E-state index contributed by atoms with van der Waals surface area (Å²) in [6.07, 6.45) is 0. The summed E-state index contributed by atoms with van der Waals surface area (Å²) in [5.74, 6) is -0.898. The second-order valence-electron chi connectivity index (χ2n) is 5.04. The molecule has 1 heterocycles. The molecule has 126 valence electrons. The van der Waals surface area contributed by atoms with Crippen molar-refractivity contribution < 1.29 is 23.6 Å². The summed E-state index contributed by atoms with van der Waals surface area (Å²) < 4.78 is 9.65. The van der Waals surface area contributed by atoms with Gasteiger partial charge in [-0.15, -0.1) is 0 Å². The van der Waals surface area contributed by atoms with Crippen LogP contribution in [0.3, 0.4) is 0 Å². The Morgan fingerprint density at radius 3 is 2.58 bits per heavy atom. The van der Waals surface area contributed by atoms with Gasteiger partial charge in [-0.2, -0.15) is 0 Å². The van der Waals surface area contributed by atoms with E-state index in [1.807, 2.05) is 0 Å². The lowest BCUT2D eigenvalue weighted by Gasteiger charge is -2.13. The van der Waals surface area contributed by atoms with E-state index in [2.05, 4.69) is 15.8 Å². The molecule has 8 nitrogen and oxygen atoms in total. The Labute approximate surface area is 138 Å². The Balaban J connectivity index is 1.77. The van der Waals surface area contributed by atoms with E-state index in [0.29, 0.717) is 11.3 Å². The van der Waals surface area contributed by atoms with Crippen LogP contribution in [0.25, 0.3) is 0 Å². The maximum Gasteiger partial charge on any atom is 0.328 e. The first kappa shape index (κ1) is 17.2. The summed E-state index contributed by atoms with van der Waals surface area (Å²) in [7, 11) is 0. The van der Waals surface area contributed by atoms with Crippen LogP contribution in [0.5, 0.6) is 0 Å². The highest BCUT2D eigenvalue weighted by Gasteiger charge is 2.19. The summed E-state index contributed by atoms with van der Waals surface area (Å²) in [4.78, 5) is 35.4. The molecule has 0 aliphatic carbocycles. The van der Waals surface area contributed by atoms with E-state index in [4.69, 9.17) is 9.26 Å². The molecule has 0 unspecified atom stereocenters. The first-order valence-electron chi connectivity index (χ1n) is 7.21. The number of amides is 2. The van der Waals surface area contributed by atoms with E-state index < -0.39 is 30.4 Å².